The number of ether oxygens (including phenoxy) is 2. The van der Waals surface area contributed by atoms with Crippen molar-refractivity contribution in [1.82, 2.24) is 5.32 Å². The zero-order chi connectivity index (χ0) is 15.2. The molecule has 20 heavy (non-hydrogen) atoms. The molecule has 1 N–H and O–H groups in total. The van der Waals surface area contributed by atoms with Gasteiger partial charge in [0.1, 0.15) is 11.5 Å². The Morgan fingerprint density at radius 1 is 1.15 bits per heavy atom. The highest BCUT2D eigenvalue weighted by molar-refractivity contribution is 5.77. The summed E-state index contributed by atoms with van der Waals surface area (Å²) in [5, 5.41) is 3.03. The van der Waals surface area contributed by atoms with E-state index in [0.717, 1.165) is 23.5 Å². The van der Waals surface area contributed by atoms with Crippen LogP contribution in [0.5, 0.6) is 11.5 Å². The average Bonchev–Trinajstić information content (AvgIpc) is 2.44. The summed E-state index contributed by atoms with van der Waals surface area (Å²) < 4.78 is 10.4. The lowest BCUT2D eigenvalue weighted by Crippen LogP contribution is -2.42. The van der Waals surface area contributed by atoms with Crippen molar-refractivity contribution in [2.75, 3.05) is 14.2 Å². The van der Waals surface area contributed by atoms with Gasteiger partial charge in [-0.05, 0) is 44.4 Å². The van der Waals surface area contributed by atoms with Gasteiger partial charge in [0.2, 0.25) is 5.91 Å². The predicted molar refractivity (Wildman–Crippen MR) is 80.4 cm³/mol. The summed E-state index contributed by atoms with van der Waals surface area (Å²) in [6, 6.07) is 5.69. The molecular formula is C16H25NO3. The first-order valence-electron chi connectivity index (χ1n) is 6.93. The van der Waals surface area contributed by atoms with Crippen LogP contribution in [0, 0.1) is 0 Å². The molecule has 1 aromatic rings. The Hall–Kier alpha value is -1.71. The standard InChI is InChI=1S/C16H25NO3/c1-6-16(2,3)17-15(18)8-7-12-9-13(19-4)11-14(10-12)20-5/h9-11H,6-8H2,1-5H3,(H,17,18). The smallest absolute Gasteiger partial charge is 0.220 e. The van der Waals surface area contributed by atoms with Crippen LogP contribution < -0.4 is 14.8 Å². The van der Waals surface area contributed by atoms with Crippen LogP contribution in [0.15, 0.2) is 18.2 Å². The normalized spacial score (nSPS) is 11.1. The highest BCUT2D eigenvalue weighted by Crippen LogP contribution is 2.23. The van der Waals surface area contributed by atoms with E-state index in [0.29, 0.717) is 12.8 Å². The van der Waals surface area contributed by atoms with E-state index in [2.05, 4.69) is 12.2 Å². The van der Waals surface area contributed by atoms with Gasteiger partial charge in [0.25, 0.3) is 0 Å². The molecule has 0 radical (unpaired) electrons. The van der Waals surface area contributed by atoms with Crippen LogP contribution in [-0.4, -0.2) is 25.7 Å². The quantitative estimate of drug-likeness (QED) is 0.834. The average molecular weight is 279 g/mol. The van der Waals surface area contributed by atoms with Crippen molar-refractivity contribution in [3.05, 3.63) is 23.8 Å². The van der Waals surface area contributed by atoms with Crippen LogP contribution in [-0.2, 0) is 11.2 Å². The van der Waals surface area contributed by atoms with Crippen molar-refractivity contribution in [3.8, 4) is 11.5 Å². The van der Waals surface area contributed by atoms with Crippen LogP contribution in [0.4, 0.5) is 0 Å². The first kappa shape index (κ1) is 16.3. The third-order valence-corrected chi connectivity index (χ3v) is 3.41. The van der Waals surface area contributed by atoms with E-state index < -0.39 is 0 Å². The van der Waals surface area contributed by atoms with Gasteiger partial charge in [0.15, 0.2) is 0 Å². The second kappa shape index (κ2) is 7.17. The van der Waals surface area contributed by atoms with E-state index in [1.165, 1.54) is 0 Å². The molecule has 1 aromatic carbocycles. The van der Waals surface area contributed by atoms with E-state index in [-0.39, 0.29) is 11.4 Å². The number of benzene rings is 1. The number of methoxy groups -OCH3 is 2. The molecule has 0 aliphatic carbocycles. The van der Waals surface area contributed by atoms with E-state index in [1.807, 2.05) is 32.0 Å². The maximum Gasteiger partial charge on any atom is 0.220 e. The van der Waals surface area contributed by atoms with Gasteiger partial charge >= 0.3 is 0 Å². The van der Waals surface area contributed by atoms with Crippen molar-refractivity contribution in [3.63, 3.8) is 0 Å². The number of carbonyl (C=O) groups is 1. The largest absolute Gasteiger partial charge is 0.497 e. The fraction of sp³-hybridized carbons (Fsp3) is 0.562. The topological polar surface area (TPSA) is 47.6 Å². The first-order chi connectivity index (χ1) is 9.40. The highest BCUT2D eigenvalue weighted by Gasteiger charge is 2.17. The van der Waals surface area contributed by atoms with E-state index >= 15 is 0 Å². The van der Waals surface area contributed by atoms with Crippen LogP contribution in [0.25, 0.3) is 0 Å². The van der Waals surface area contributed by atoms with Gasteiger partial charge in [0, 0.05) is 18.0 Å². The second-order valence-corrected chi connectivity index (χ2v) is 5.51. The molecule has 0 fully saturated rings. The first-order valence-corrected chi connectivity index (χ1v) is 6.93. The molecule has 0 bridgehead atoms. The van der Waals surface area contributed by atoms with Crippen molar-refractivity contribution in [2.45, 2.75) is 45.6 Å². The van der Waals surface area contributed by atoms with Crippen LogP contribution in [0.3, 0.4) is 0 Å². The minimum absolute atomic E-state index is 0.0682. The molecule has 0 atom stereocenters. The Bertz CT molecular complexity index is 433. The minimum Gasteiger partial charge on any atom is -0.497 e. The van der Waals surface area contributed by atoms with Gasteiger partial charge < -0.3 is 14.8 Å². The fourth-order valence-corrected chi connectivity index (χ4v) is 1.80. The number of carbonyl (C=O) groups excluding carboxylic acids is 1. The van der Waals surface area contributed by atoms with Gasteiger partial charge in [0.05, 0.1) is 14.2 Å². The summed E-state index contributed by atoms with van der Waals surface area (Å²) in [5.74, 6) is 1.56. The number of rotatable bonds is 7. The van der Waals surface area contributed by atoms with Gasteiger partial charge in [-0.25, -0.2) is 0 Å². The summed E-state index contributed by atoms with van der Waals surface area (Å²) in [5.41, 5.74) is 0.883. The van der Waals surface area contributed by atoms with Gasteiger partial charge in [-0.15, -0.1) is 0 Å². The highest BCUT2D eigenvalue weighted by atomic mass is 16.5. The molecule has 0 aromatic heterocycles. The van der Waals surface area contributed by atoms with Crippen LogP contribution in [0.2, 0.25) is 0 Å². The third-order valence-electron chi connectivity index (χ3n) is 3.41. The van der Waals surface area contributed by atoms with Crippen molar-refractivity contribution in [2.24, 2.45) is 0 Å². The Balaban J connectivity index is 2.63. The summed E-state index contributed by atoms with van der Waals surface area (Å²) in [7, 11) is 3.24. The number of hydrogen-bond acceptors (Lipinski definition) is 3. The number of aryl methyl sites for hydroxylation is 1. The Morgan fingerprint density at radius 3 is 2.15 bits per heavy atom. The number of amides is 1. The molecule has 4 nitrogen and oxygen atoms in total. The Morgan fingerprint density at radius 2 is 1.70 bits per heavy atom. The predicted octanol–water partition coefficient (Wildman–Crippen LogP) is 2.94. The molecule has 0 saturated heterocycles. The lowest BCUT2D eigenvalue weighted by atomic mass is 10.0. The molecule has 0 aliphatic rings. The minimum atomic E-state index is -0.150. The SMILES string of the molecule is CCC(C)(C)NC(=O)CCc1cc(OC)cc(OC)c1. The number of hydrogen-bond donors (Lipinski definition) is 1. The third kappa shape index (κ3) is 5.11. The van der Waals surface area contributed by atoms with Gasteiger partial charge in [-0.1, -0.05) is 6.92 Å². The molecule has 0 saturated carbocycles. The molecule has 1 amide bonds. The van der Waals surface area contributed by atoms with Gasteiger partial charge in [-0.3, -0.25) is 4.79 Å². The lowest BCUT2D eigenvalue weighted by Gasteiger charge is -2.24. The molecule has 4 heteroatoms. The molecule has 0 spiro atoms. The molecular weight excluding hydrogens is 254 g/mol. The monoisotopic (exact) mass is 279 g/mol. The summed E-state index contributed by atoms with van der Waals surface area (Å²) in [6.45, 7) is 6.12. The maximum absolute atomic E-state index is 11.9. The Kier molecular flexibility index (Phi) is 5.86. The van der Waals surface area contributed by atoms with Crippen molar-refractivity contribution in [1.29, 1.82) is 0 Å². The molecule has 0 aliphatic heterocycles. The van der Waals surface area contributed by atoms with Crippen molar-refractivity contribution < 1.29 is 14.3 Å². The van der Waals surface area contributed by atoms with Gasteiger partial charge in [-0.2, -0.15) is 0 Å². The van der Waals surface area contributed by atoms with Crippen LogP contribution >= 0.6 is 0 Å². The summed E-state index contributed by atoms with van der Waals surface area (Å²) in [6.07, 6.45) is 2.03. The Labute approximate surface area is 121 Å². The second-order valence-electron chi connectivity index (χ2n) is 5.51. The zero-order valence-electron chi connectivity index (χ0n) is 13.1. The fourth-order valence-electron chi connectivity index (χ4n) is 1.80. The van der Waals surface area contributed by atoms with Crippen LogP contribution in [0.1, 0.15) is 39.2 Å². The van der Waals surface area contributed by atoms with E-state index in [4.69, 9.17) is 9.47 Å². The van der Waals surface area contributed by atoms with E-state index in [9.17, 15) is 4.79 Å². The zero-order valence-corrected chi connectivity index (χ0v) is 13.1. The molecule has 0 heterocycles. The van der Waals surface area contributed by atoms with E-state index in [1.54, 1.807) is 14.2 Å². The van der Waals surface area contributed by atoms with Crippen molar-refractivity contribution >= 4 is 5.91 Å². The molecule has 112 valence electrons. The summed E-state index contributed by atoms with van der Waals surface area (Å²) >= 11 is 0. The number of nitrogens with one attached hydrogen (secondary N) is 1. The molecule has 1 rings (SSSR count). The maximum atomic E-state index is 11.9. The molecule has 0 unspecified atom stereocenters. The lowest BCUT2D eigenvalue weighted by molar-refractivity contribution is -0.122. The summed E-state index contributed by atoms with van der Waals surface area (Å²) in [4.78, 5) is 11.9.